The average Bonchev–Trinajstić information content (AvgIpc) is 2.85. The van der Waals surface area contributed by atoms with Crippen LogP contribution >= 0.6 is 0 Å². The van der Waals surface area contributed by atoms with Crippen LogP contribution in [0, 0.1) is 0 Å². The molecule has 2 heterocycles. The Morgan fingerprint density at radius 1 is 0.812 bits per heavy atom. The van der Waals surface area contributed by atoms with Crippen molar-refractivity contribution in [1.29, 1.82) is 0 Å². The molecule has 1 aliphatic heterocycles. The molecule has 5 rings (SSSR count). The maximum absolute atomic E-state index is 12.6. The zero-order valence-corrected chi connectivity index (χ0v) is 17.1. The molecule has 1 aliphatic rings. The lowest BCUT2D eigenvalue weighted by atomic mass is 10.2. The van der Waals surface area contributed by atoms with Crippen LogP contribution in [-0.2, 0) is 0 Å². The molecule has 0 spiro atoms. The van der Waals surface area contributed by atoms with Crippen molar-refractivity contribution in [2.45, 2.75) is 0 Å². The minimum Gasteiger partial charge on any atom is -0.486 e. The van der Waals surface area contributed by atoms with Gasteiger partial charge in [-0.3, -0.25) is 4.79 Å². The molecule has 0 saturated carbocycles. The highest BCUT2D eigenvalue weighted by molar-refractivity contribution is 6.04. The first-order valence-electron chi connectivity index (χ1n) is 10.2. The van der Waals surface area contributed by atoms with E-state index in [-0.39, 0.29) is 5.91 Å². The number of ether oxygens (including phenoxy) is 2. The van der Waals surface area contributed by atoms with Gasteiger partial charge in [-0.15, -0.1) is 0 Å². The summed E-state index contributed by atoms with van der Waals surface area (Å²) in [5.74, 6) is 2.43. The number of carbonyl (C=O) groups excluding carboxylic acids is 1. The third-order valence-corrected chi connectivity index (χ3v) is 4.91. The maximum Gasteiger partial charge on any atom is 0.255 e. The molecule has 3 aromatic carbocycles. The highest BCUT2D eigenvalue weighted by Crippen LogP contribution is 2.32. The van der Waals surface area contributed by atoms with Gasteiger partial charge < -0.3 is 20.1 Å². The second kappa shape index (κ2) is 8.77. The summed E-state index contributed by atoms with van der Waals surface area (Å²) >= 11 is 0. The highest BCUT2D eigenvalue weighted by atomic mass is 16.6. The predicted octanol–water partition coefficient (Wildman–Crippen LogP) is 4.91. The second-order valence-electron chi connectivity index (χ2n) is 7.15. The van der Waals surface area contributed by atoms with E-state index in [0.717, 1.165) is 11.3 Å². The zero-order valence-electron chi connectivity index (χ0n) is 17.1. The van der Waals surface area contributed by atoms with Gasteiger partial charge in [0.15, 0.2) is 17.3 Å². The maximum atomic E-state index is 12.6. The number of fused-ring (bicyclic) bond motifs is 1. The molecule has 7 nitrogen and oxygen atoms in total. The predicted molar refractivity (Wildman–Crippen MR) is 123 cm³/mol. The first-order valence-corrected chi connectivity index (χ1v) is 10.2. The monoisotopic (exact) mass is 424 g/mol. The third kappa shape index (κ3) is 4.37. The first-order chi connectivity index (χ1) is 15.7. The van der Waals surface area contributed by atoms with Crippen molar-refractivity contribution in [3.8, 4) is 22.9 Å². The van der Waals surface area contributed by atoms with Gasteiger partial charge in [0.05, 0.1) is 0 Å². The van der Waals surface area contributed by atoms with Crippen molar-refractivity contribution >= 4 is 23.1 Å². The Morgan fingerprint density at radius 2 is 1.56 bits per heavy atom. The number of hydrogen-bond acceptors (Lipinski definition) is 6. The Kier molecular flexibility index (Phi) is 5.36. The molecular weight excluding hydrogens is 404 g/mol. The second-order valence-corrected chi connectivity index (χ2v) is 7.15. The molecule has 0 fully saturated rings. The van der Waals surface area contributed by atoms with Crippen LogP contribution in [-0.4, -0.2) is 29.1 Å². The van der Waals surface area contributed by atoms with Crippen LogP contribution in [0.5, 0.6) is 11.5 Å². The third-order valence-electron chi connectivity index (χ3n) is 4.91. The molecule has 0 unspecified atom stereocenters. The van der Waals surface area contributed by atoms with E-state index >= 15 is 0 Å². The normalized spacial score (nSPS) is 12.1. The van der Waals surface area contributed by atoms with Crippen molar-refractivity contribution < 1.29 is 14.3 Å². The summed E-state index contributed by atoms with van der Waals surface area (Å²) in [5, 5.41) is 6.14. The van der Waals surface area contributed by atoms with Gasteiger partial charge in [-0.2, -0.15) is 0 Å². The van der Waals surface area contributed by atoms with E-state index in [1.165, 1.54) is 0 Å². The minimum atomic E-state index is -0.207. The molecule has 158 valence electrons. The van der Waals surface area contributed by atoms with Crippen molar-refractivity contribution in [3.05, 3.63) is 90.6 Å². The summed E-state index contributed by atoms with van der Waals surface area (Å²) in [5.41, 5.74) is 2.95. The molecule has 2 N–H and O–H groups in total. The minimum absolute atomic E-state index is 0.207. The van der Waals surface area contributed by atoms with E-state index < -0.39 is 0 Å². The number of carbonyl (C=O) groups is 1. The smallest absolute Gasteiger partial charge is 0.255 e. The Labute approximate surface area is 185 Å². The average molecular weight is 424 g/mol. The van der Waals surface area contributed by atoms with E-state index in [1.807, 2.05) is 42.5 Å². The fourth-order valence-corrected chi connectivity index (χ4v) is 3.33. The molecule has 1 aromatic heterocycles. The zero-order chi connectivity index (χ0) is 21.8. The van der Waals surface area contributed by atoms with Crippen molar-refractivity contribution in [3.63, 3.8) is 0 Å². The summed E-state index contributed by atoms with van der Waals surface area (Å²) in [4.78, 5) is 21.5. The van der Waals surface area contributed by atoms with Gasteiger partial charge in [0.2, 0.25) is 0 Å². The molecule has 4 aromatic rings. The Balaban J connectivity index is 1.26. The van der Waals surface area contributed by atoms with Crippen LogP contribution in [0.3, 0.4) is 0 Å². The highest BCUT2D eigenvalue weighted by Gasteiger charge is 2.13. The standard InChI is InChI=1S/C25H20N4O3/c30-25(28-20-10-11-21-22(16-20)32-15-14-31-21)18-6-8-19(9-7-18)27-23-12-13-26-24(29-23)17-4-2-1-3-5-17/h1-13,16H,14-15H2,(H,28,30)(H,26,27,29). The Hall–Kier alpha value is -4.39. The number of benzene rings is 3. The molecular formula is C25H20N4O3. The number of aromatic nitrogens is 2. The Bertz CT molecular complexity index is 1240. The van der Waals surface area contributed by atoms with E-state index in [4.69, 9.17) is 9.47 Å². The fourth-order valence-electron chi connectivity index (χ4n) is 3.33. The number of rotatable bonds is 5. The molecule has 32 heavy (non-hydrogen) atoms. The number of nitrogens with zero attached hydrogens (tertiary/aromatic N) is 2. The largest absolute Gasteiger partial charge is 0.486 e. The quantitative estimate of drug-likeness (QED) is 0.473. The number of nitrogens with one attached hydrogen (secondary N) is 2. The van der Waals surface area contributed by atoms with Gasteiger partial charge in [-0.1, -0.05) is 30.3 Å². The molecule has 0 bridgehead atoms. The van der Waals surface area contributed by atoms with Crippen LogP contribution in [0.2, 0.25) is 0 Å². The van der Waals surface area contributed by atoms with Gasteiger partial charge in [-0.25, -0.2) is 9.97 Å². The summed E-state index contributed by atoms with van der Waals surface area (Å²) in [6.45, 7) is 1.03. The number of amides is 1. The SMILES string of the molecule is O=C(Nc1ccc2c(c1)OCCO2)c1ccc(Nc2ccnc(-c3ccccc3)n2)cc1. The number of anilines is 3. The van der Waals surface area contributed by atoms with Crippen molar-refractivity contribution in [1.82, 2.24) is 9.97 Å². The molecule has 0 atom stereocenters. The van der Waals surface area contributed by atoms with Crippen LogP contribution in [0.1, 0.15) is 10.4 Å². The molecule has 0 radical (unpaired) electrons. The van der Waals surface area contributed by atoms with Gasteiger partial charge in [-0.05, 0) is 42.5 Å². The van der Waals surface area contributed by atoms with Crippen LogP contribution in [0.4, 0.5) is 17.2 Å². The van der Waals surface area contributed by atoms with Crippen molar-refractivity contribution in [2.24, 2.45) is 0 Å². The topological polar surface area (TPSA) is 85.4 Å². The lowest BCUT2D eigenvalue weighted by molar-refractivity contribution is 0.102. The van der Waals surface area contributed by atoms with E-state index in [2.05, 4.69) is 20.6 Å². The fraction of sp³-hybridized carbons (Fsp3) is 0.0800. The molecule has 0 saturated heterocycles. The van der Waals surface area contributed by atoms with E-state index in [9.17, 15) is 4.79 Å². The lowest BCUT2D eigenvalue weighted by Crippen LogP contribution is -2.16. The van der Waals surface area contributed by atoms with Crippen molar-refractivity contribution in [2.75, 3.05) is 23.8 Å². The first kappa shape index (κ1) is 19.6. The van der Waals surface area contributed by atoms with Gasteiger partial charge in [0, 0.05) is 34.8 Å². The van der Waals surface area contributed by atoms with E-state index in [1.54, 1.807) is 42.6 Å². The molecule has 1 amide bonds. The molecule has 0 aliphatic carbocycles. The summed E-state index contributed by atoms with van der Waals surface area (Å²) in [6, 6.07) is 24.1. The van der Waals surface area contributed by atoms with Crippen LogP contribution in [0.25, 0.3) is 11.4 Å². The van der Waals surface area contributed by atoms with Gasteiger partial charge in [0.1, 0.15) is 19.0 Å². The van der Waals surface area contributed by atoms with Crippen LogP contribution in [0.15, 0.2) is 85.1 Å². The van der Waals surface area contributed by atoms with Gasteiger partial charge >= 0.3 is 0 Å². The van der Waals surface area contributed by atoms with E-state index in [0.29, 0.717) is 47.6 Å². The summed E-state index contributed by atoms with van der Waals surface area (Å²) in [6.07, 6.45) is 1.72. The summed E-state index contributed by atoms with van der Waals surface area (Å²) in [7, 11) is 0. The van der Waals surface area contributed by atoms with Crippen LogP contribution < -0.4 is 20.1 Å². The Morgan fingerprint density at radius 3 is 2.38 bits per heavy atom. The summed E-state index contributed by atoms with van der Waals surface area (Å²) < 4.78 is 11.1. The molecule has 7 heteroatoms. The number of hydrogen-bond donors (Lipinski definition) is 2. The lowest BCUT2D eigenvalue weighted by Gasteiger charge is -2.19. The van der Waals surface area contributed by atoms with Gasteiger partial charge in [0.25, 0.3) is 5.91 Å².